The van der Waals surface area contributed by atoms with E-state index in [2.05, 4.69) is 36.2 Å². The van der Waals surface area contributed by atoms with E-state index in [1.54, 1.807) is 18.6 Å². The number of aromatic nitrogens is 3. The molecule has 0 saturated carbocycles. The fourth-order valence-corrected chi connectivity index (χ4v) is 2.44. The van der Waals surface area contributed by atoms with Gasteiger partial charge in [-0.05, 0) is 22.4 Å². The van der Waals surface area contributed by atoms with E-state index in [-0.39, 0.29) is 0 Å². The number of pyridine rings is 1. The van der Waals surface area contributed by atoms with Crippen molar-refractivity contribution in [3.05, 3.63) is 23.1 Å². The van der Waals surface area contributed by atoms with Gasteiger partial charge >= 0.3 is 0 Å². The van der Waals surface area contributed by atoms with E-state index in [0.717, 1.165) is 47.5 Å². The fraction of sp³-hybridized carbons (Fsp3) is 0.417. The lowest BCUT2D eigenvalue weighted by Crippen LogP contribution is -2.15. The number of halogens is 1. The molecule has 2 aromatic rings. The van der Waals surface area contributed by atoms with Crippen molar-refractivity contribution in [3.8, 4) is 0 Å². The minimum Gasteiger partial charge on any atom is -0.381 e. The maximum atomic E-state index is 5.36. The zero-order valence-electron chi connectivity index (χ0n) is 9.77. The van der Waals surface area contributed by atoms with Gasteiger partial charge in [-0.2, -0.15) is 0 Å². The smallest absolute Gasteiger partial charge is 0.154 e. The Morgan fingerprint density at radius 3 is 2.89 bits per heavy atom. The van der Waals surface area contributed by atoms with Crippen molar-refractivity contribution < 1.29 is 4.74 Å². The minimum atomic E-state index is 0.558. The van der Waals surface area contributed by atoms with Crippen LogP contribution < -0.4 is 5.32 Å². The molecule has 3 rings (SSSR count). The third-order valence-corrected chi connectivity index (χ3v) is 3.62. The van der Waals surface area contributed by atoms with Crippen LogP contribution in [-0.4, -0.2) is 34.7 Å². The van der Waals surface area contributed by atoms with Crippen molar-refractivity contribution in [2.45, 2.75) is 6.42 Å². The van der Waals surface area contributed by atoms with Crippen molar-refractivity contribution >= 4 is 32.8 Å². The molecule has 0 spiro atoms. The van der Waals surface area contributed by atoms with E-state index in [0.29, 0.717) is 5.92 Å². The Bertz CT molecular complexity index is 557. The lowest BCUT2D eigenvalue weighted by molar-refractivity contribution is 0.187. The minimum absolute atomic E-state index is 0.558. The largest absolute Gasteiger partial charge is 0.381 e. The number of nitrogens with one attached hydrogen (secondary N) is 1. The van der Waals surface area contributed by atoms with Crippen molar-refractivity contribution in [2.24, 2.45) is 5.92 Å². The highest BCUT2D eigenvalue weighted by Gasteiger charge is 2.16. The standard InChI is InChI=1S/C12H13BrN4O/c13-9-6-17-12(11-10(9)14-2-3-15-11)16-5-8-1-4-18-7-8/h2-3,6,8H,1,4-5,7H2,(H,16,17). The molecule has 1 saturated heterocycles. The van der Waals surface area contributed by atoms with E-state index < -0.39 is 0 Å². The highest BCUT2D eigenvalue weighted by molar-refractivity contribution is 9.10. The quantitative estimate of drug-likeness (QED) is 0.942. The molecular formula is C12H13BrN4O. The van der Waals surface area contributed by atoms with Gasteiger partial charge in [0.25, 0.3) is 0 Å². The van der Waals surface area contributed by atoms with E-state index in [4.69, 9.17) is 4.74 Å². The molecule has 1 fully saturated rings. The Kier molecular flexibility index (Phi) is 3.38. The van der Waals surface area contributed by atoms with Crippen molar-refractivity contribution in [1.29, 1.82) is 0 Å². The molecule has 6 heteroatoms. The lowest BCUT2D eigenvalue weighted by Gasteiger charge is -2.11. The summed E-state index contributed by atoms with van der Waals surface area (Å²) in [7, 11) is 0. The lowest BCUT2D eigenvalue weighted by atomic mass is 10.1. The molecule has 5 nitrogen and oxygen atoms in total. The Balaban J connectivity index is 1.85. The molecule has 0 aromatic carbocycles. The van der Waals surface area contributed by atoms with Crippen molar-refractivity contribution in [3.63, 3.8) is 0 Å². The molecule has 0 amide bonds. The summed E-state index contributed by atoms with van der Waals surface area (Å²) < 4.78 is 6.22. The number of hydrogen-bond acceptors (Lipinski definition) is 5. The molecule has 1 atom stereocenters. The summed E-state index contributed by atoms with van der Waals surface area (Å²) in [5, 5.41) is 3.34. The molecule has 94 valence electrons. The van der Waals surface area contributed by atoms with E-state index in [1.165, 1.54) is 0 Å². The number of nitrogens with zero attached hydrogens (tertiary/aromatic N) is 3. The summed E-state index contributed by atoms with van der Waals surface area (Å²) in [4.78, 5) is 13.0. The molecule has 1 aliphatic heterocycles. The second kappa shape index (κ2) is 5.16. The van der Waals surface area contributed by atoms with Crippen LogP contribution in [0, 0.1) is 5.92 Å². The van der Waals surface area contributed by atoms with Crippen molar-refractivity contribution in [1.82, 2.24) is 15.0 Å². The third kappa shape index (κ3) is 2.30. The van der Waals surface area contributed by atoms with Crippen molar-refractivity contribution in [2.75, 3.05) is 25.1 Å². The van der Waals surface area contributed by atoms with Gasteiger partial charge in [0, 0.05) is 37.7 Å². The molecule has 0 aliphatic carbocycles. The van der Waals surface area contributed by atoms with Gasteiger partial charge in [0.15, 0.2) is 5.82 Å². The van der Waals surface area contributed by atoms with Gasteiger partial charge in [-0.15, -0.1) is 0 Å². The van der Waals surface area contributed by atoms with Crippen LogP contribution in [0.3, 0.4) is 0 Å². The van der Waals surface area contributed by atoms with E-state index in [9.17, 15) is 0 Å². The number of anilines is 1. The monoisotopic (exact) mass is 308 g/mol. The average Bonchev–Trinajstić information content (AvgIpc) is 2.92. The number of hydrogen-bond donors (Lipinski definition) is 1. The zero-order chi connectivity index (χ0) is 12.4. The van der Waals surface area contributed by atoms with Crippen LogP contribution in [0.25, 0.3) is 11.0 Å². The summed E-state index contributed by atoms with van der Waals surface area (Å²) >= 11 is 3.44. The molecule has 0 bridgehead atoms. The van der Waals surface area contributed by atoms with Gasteiger partial charge in [0.2, 0.25) is 0 Å². The van der Waals surface area contributed by atoms with Crippen LogP contribution in [0.2, 0.25) is 0 Å². The summed E-state index contributed by atoms with van der Waals surface area (Å²) in [6.07, 6.45) is 6.22. The van der Waals surface area contributed by atoms with Gasteiger partial charge < -0.3 is 10.1 Å². The molecule has 18 heavy (non-hydrogen) atoms. The molecule has 2 aromatic heterocycles. The van der Waals surface area contributed by atoms with Crippen LogP contribution in [0.1, 0.15) is 6.42 Å². The number of fused-ring (bicyclic) bond motifs is 1. The van der Waals surface area contributed by atoms with Gasteiger partial charge in [-0.1, -0.05) is 0 Å². The predicted octanol–water partition coefficient (Wildman–Crippen LogP) is 2.24. The second-order valence-electron chi connectivity index (χ2n) is 4.32. The van der Waals surface area contributed by atoms with E-state index >= 15 is 0 Å². The SMILES string of the molecule is Brc1cnc(NCC2CCOC2)c2nccnc12. The predicted molar refractivity (Wildman–Crippen MR) is 72.4 cm³/mol. The average molecular weight is 309 g/mol. The maximum absolute atomic E-state index is 5.36. The van der Waals surface area contributed by atoms with Gasteiger partial charge in [-0.3, -0.25) is 4.98 Å². The highest BCUT2D eigenvalue weighted by Crippen LogP contribution is 2.24. The first kappa shape index (κ1) is 11.8. The van der Waals surface area contributed by atoms with Gasteiger partial charge in [-0.25, -0.2) is 9.97 Å². The molecule has 1 N–H and O–H groups in total. The summed E-state index contributed by atoms with van der Waals surface area (Å²) in [6, 6.07) is 0. The van der Waals surface area contributed by atoms with Crippen LogP contribution in [-0.2, 0) is 4.74 Å². The highest BCUT2D eigenvalue weighted by atomic mass is 79.9. The second-order valence-corrected chi connectivity index (χ2v) is 5.17. The zero-order valence-corrected chi connectivity index (χ0v) is 11.4. The molecule has 3 heterocycles. The molecular weight excluding hydrogens is 296 g/mol. The fourth-order valence-electron chi connectivity index (χ4n) is 2.04. The third-order valence-electron chi connectivity index (χ3n) is 3.04. The van der Waals surface area contributed by atoms with E-state index in [1.807, 2.05) is 0 Å². The Morgan fingerprint density at radius 1 is 1.28 bits per heavy atom. The first-order valence-electron chi connectivity index (χ1n) is 5.91. The van der Waals surface area contributed by atoms with Crippen LogP contribution >= 0.6 is 15.9 Å². The first-order chi connectivity index (χ1) is 8.84. The van der Waals surface area contributed by atoms with Gasteiger partial charge in [0.1, 0.15) is 11.0 Å². The maximum Gasteiger partial charge on any atom is 0.154 e. The summed E-state index contributed by atoms with van der Waals surface area (Å²) in [5.41, 5.74) is 1.63. The number of rotatable bonds is 3. The van der Waals surface area contributed by atoms with Gasteiger partial charge in [0.05, 0.1) is 11.1 Å². The normalized spacial score (nSPS) is 19.3. The Labute approximate surface area is 113 Å². The van der Waals surface area contributed by atoms with Crippen LogP contribution in [0.15, 0.2) is 23.1 Å². The summed E-state index contributed by atoms with van der Waals surface area (Å²) in [6.45, 7) is 2.55. The Morgan fingerprint density at radius 2 is 2.11 bits per heavy atom. The molecule has 0 radical (unpaired) electrons. The Hall–Kier alpha value is -1.27. The topological polar surface area (TPSA) is 59.9 Å². The first-order valence-corrected chi connectivity index (χ1v) is 6.71. The van der Waals surface area contributed by atoms with Crippen LogP contribution in [0.5, 0.6) is 0 Å². The van der Waals surface area contributed by atoms with Crippen LogP contribution in [0.4, 0.5) is 5.82 Å². The number of ether oxygens (including phenoxy) is 1. The summed E-state index contributed by atoms with van der Waals surface area (Å²) in [5.74, 6) is 1.34. The molecule has 1 unspecified atom stereocenters. The molecule has 1 aliphatic rings.